The largest absolute Gasteiger partial charge is 0.493 e. The first-order valence-corrected chi connectivity index (χ1v) is 12.0. The van der Waals surface area contributed by atoms with Gasteiger partial charge in [0.25, 0.3) is 5.91 Å². The van der Waals surface area contributed by atoms with E-state index in [-0.39, 0.29) is 24.6 Å². The fourth-order valence-electron chi connectivity index (χ4n) is 4.06. The summed E-state index contributed by atoms with van der Waals surface area (Å²) in [6.07, 6.45) is -0.0698. The summed E-state index contributed by atoms with van der Waals surface area (Å²) in [7, 11) is 0. The molecule has 1 aliphatic heterocycles. The maximum atomic E-state index is 13.0. The summed E-state index contributed by atoms with van der Waals surface area (Å²) in [5, 5.41) is 21.3. The van der Waals surface area contributed by atoms with Gasteiger partial charge < -0.3 is 29.9 Å². The number of anilines is 2. The average molecular weight is 505 g/mol. The first-order valence-electron chi connectivity index (χ1n) is 12.0. The number of nitrogens with zero attached hydrogens (tertiary/aromatic N) is 1. The summed E-state index contributed by atoms with van der Waals surface area (Å²) >= 11 is 0. The lowest BCUT2D eigenvalue weighted by Crippen LogP contribution is -2.45. The molecular formula is C28H28N2O7. The number of carbonyl (C=O) groups excluding carboxylic acids is 1. The fourth-order valence-corrected chi connectivity index (χ4v) is 4.06. The Hall–Kier alpha value is -4.53. The third-order valence-corrected chi connectivity index (χ3v) is 5.94. The number of aliphatic carboxylic acids is 2. The molecule has 4 rings (SSSR count). The van der Waals surface area contributed by atoms with Gasteiger partial charge in [0, 0.05) is 24.9 Å². The summed E-state index contributed by atoms with van der Waals surface area (Å²) in [5.41, 5.74) is 2.51. The zero-order valence-corrected chi connectivity index (χ0v) is 20.1. The number of benzene rings is 3. The Labute approximate surface area is 214 Å². The maximum Gasteiger partial charge on any atom is 0.346 e. The lowest BCUT2D eigenvalue weighted by molar-refractivity contribution is -0.145. The number of carboxylic acid groups (broad SMARTS) is 2. The number of rotatable bonds is 11. The van der Waals surface area contributed by atoms with E-state index in [0.717, 1.165) is 6.42 Å². The molecule has 3 aromatic carbocycles. The number of carbonyl (C=O) groups is 3. The van der Waals surface area contributed by atoms with Crippen molar-refractivity contribution in [3.63, 3.8) is 0 Å². The van der Waals surface area contributed by atoms with Crippen molar-refractivity contribution < 1.29 is 34.1 Å². The van der Waals surface area contributed by atoms with E-state index in [1.807, 2.05) is 30.3 Å². The zero-order chi connectivity index (χ0) is 26.2. The van der Waals surface area contributed by atoms with Gasteiger partial charge in [-0.2, -0.15) is 0 Å². The number of hydrogen-bond acceptors (Lipinski definition) is 6. The first kappa shape index (κ1) is 25.6. The number of fused-ring (bicyclic) bond motifs is 1. The predicted octanol–water partition coefficient (Wildman–Crippen LogP) is 4.08. The Morgan fingerprint density at radius 3 is 2.43 bits per heavy atom. The second-order valence-electron chi connectivity index (χ2n) is 8.60. The van der Waals surface area contributed by atoms with Gasteiger partial charge in [-0.25, -0.2) is 4.79 Å². The van der Waals surface area contributed by atoms with Crippen molar-refractivity contribution in [1.82, 2.24) is 0 Å². The third-order valence-electron chi connectivity index (χ3n) is 5.94. The van der Waals surface area contributed by atoms with E-state index in [4.69, 9.17) is 14.6 Å². The van der Waals surface area contributed by atoms with Gasteiger partial charge in [-0.15, -0.1) is 0 Å². The highest BCUT2D eigenvalue weighted by Crippen LogP contribution is 2.40. The number of nitrogens with one attached hydrogen (secondary N) is 1. The van der Waals surface area contributed by atoms with E-state index in [9.17, 15) is 19.5 Å². The second-order valence-corrected chi connectivity index (χ2v) is 8.60. The van der Waals surface area contributed by atoms with Crippen molar-refractivity contribution in [3.8, 4) is 11.5 Å². The van der Waals surface area contributed by atoms with Gasteiger partial charge in [-0.3, -0.25) is 9.59 Å². The van der Waals surface area contributed by atoms with E-state index in [1.165, 1.54) is 5.56 Å². The molecule has 1 heterocycles. The van der Waals surface area contributed by atoms with Crippen LogP contribution in [0.2, 0.25) is 0 Å². The van der Waals surface area contributed by atoms with E-state index in [2.05, 4.69) is 5.32 Å². The summed E-state index contributed by atoms with van der Waals surface area (Å²) in [4.78, 5) is 37.3. The molecule has 0 aromatic heterocycles. The number of hydrogen-bond donors (Lipinski definition) is 3. The van der Waals surface area contributed by atoms with Crippen LogP contribution in [0, 0.1) is 0 Å². The van der Waals surface area contributed by atoms with Crippen LogP contribution in [-0.2, 0) is 16.0 Å². The van der Waals surface area contributed by atoms with E-state index >= 15 is 0 Å². The number of ether oxygens (including phenoxy) is 2. The van der Waals surface area contributed by atoms with E-state index in [1.54, 1.807) is 47.4 Å². The molecule has 192 valence electrons. The number of para-hydroxylation sites is 1. The molecule has 9 heteroatoms. The maximum absolute atomic E-state index is 13.0. The standard InChI is InChI=1S/C28H28N2O7/c31-25(32)10-5-16-30-18-24(28(34)35)37-26-22(8-4-9-23(26)30)29-27(33)20-11-13-21(14-12-20)36-17-15-19-6-2-1-3-7-19/h1-4,6-9,11-14,24H,5,10,15-18H2,(H,29,33)(H,31,32)(H,34,35). The normalized spacial score (nSPS) is 14.3. The fraction of sp³-hybridized carbons (Fsp3) is 0.250. The van der Waals surface area contributed by atoms with Crippen LogP contribution in [0.25, 0.3) is 0 Å². The average Bonchev–Trinajstić information content (AvgIpc) is 2.89. The SMILES string of the molecule is O=C(O)CCCN1CC(C(=O)O)Oc2c(NC(=O)c3ccc(OCCc4ccccc4)cc3)cccc21. The number of carboxylic acids is 2. The molecule has 3 N–H and O–H groups in total. The van der Waals surface area contributed by atoms with Gasteiger partial charge in [0.2, 0.25) is 6.10 Å². The molecule has 1 atom stereocenters. The minimum atomic E-state index is -1.15. The van der Waals surface area contributed by atoms with Crippen molar-refractivity contribution in [2.75, 3.05) is 29.9 Å². The van der Waals surface area contributed by atoms with Crippen molar-refractivity contribution in [1.29, 1.82) is 0 Å². The van der Waals surface area contributed by atoms with Crippen LogP contribution in [0.1, 0.15) is 28.8 Å². The summed E-state index contributed by atoms with van der Waals surface area (Å²) in [6, 6.07) is 21.9. The van der Waals surface area contributed by atoms with Crippen molar-refractivity contribution in [3.05, 3.63) is 83.9 Å². The number of amides is 1. The molecule has 1 unspecified atom stereocenters. The predicted molar refractivity (Wildman–Crippen MR) is 138 cm³/mol. The third kappa shape index (κ3) is 6.78. The smallest absolute Gasteiger partial charge is 0.346 e. The Morgan fingerprint density at radius 1 is 0.973 bits per heavy atom. The van der Waals surface area contributed by atoms with Crippen LogP contribution < -0.4 is 19.7 Å². The van der Waals surface area contributed by atoms with Gasteiger partial charge in [0.05, 0.1) is 24.5 Å². The summed E-state index contributed by atoms with van der Waals surface area (Å²) in [6.45, 7) is 0.928. The lowest BCUT2D eigenvalue weighted by Gasteiger charge is -2.35. The van der Waals surface area contributed by atoms with Gasteiger partial charge >= 0.3 is 11.9 Å². The molecule has 0 spiro atoms. The minimum Gasteiger partial charge on any atom is -0.493 e. The van der Waals surface area contributed by atoms with Crippen LogP contribution in [0.4, 0.5) is 11.4 Å². The molecule has 0 bridgehead atoms. The molecule has 37 heavy (non-hydrogen) atoms. The molecule has 0 saturated heterocycles. The van der Waals surface area contributed by atoms with E-state index in [0.29, 0.717) is 42.3 Å². The highest BCUT2D eigenvalue weighted by Gasteiger charge is 2.32. The van der Waals surface area contributed by atoms with Crippen LogP contribution in [0.5, 0.6) is 11.5 Å². The Morgan fingerprint density at radius 2 is 1.73 bits per heavy atom. The van der Waals surface area contributed by atoms with Crippen LogP contribution >= 0.6 is 0 Å². The van der Waals surface area contributed by atoms with E-state index < -0.39 is 18.0 Å². The quantitative estimate of drug-likeness (QED) is 0.357. The Kier molecular flexibility index (Phi) is 8.25. The first-order chi connectivity index (χ1) is 17.9. The van der Waals surface area contributed by atoms with Gasteiger partial charge in [-0.05, 0) is 48.4 Å². The minimum absolute atomic E-state index is 0.0349. The van der Waals surface area contributed by atoms with Gasteiger partial charge in [0.1, 0.15) is 5.75 Å². The molecule has 0 saturated carbocycles. The lowest BCUT2D eigenvalue weighted by atomic mass is 10.1. The second kappa shape index (κ2) is 11.9. The van der Waals surface area contributed by atoms with Crippen LogP contribution in [-0.4, -0.2) is 53.9 Å². The van der Waals surface area contributed by atoms with Crippen LogP contribution in [0.3, 0.4) is 0 Å². The highest BCUT2D eigenvalue weighted by molar-refractivity contribution is 6.05. The molecule has 0 aliphatic carbocycles. The van der Waals surface area contributed by atoms with Gasteiger partial charge in [-0.1, -0.05) is 36.4 Å². The molecule has 0 fully saturated rings. The van der Waals surface area contributed by atoms with Crippen molar-refractivity contribution in [2.24, 2.45) is 0 Å². The van der Waals surface area contributed by atoms with Crippen LogP contribution in [0.15, 0.2) is 72.8 Å². The monoisotopic (exact) mass is 504 g/mol. The molecule has 1 aliphatic rings. The molecule has 3 aromatic rings. The zero-order valence-electron chi connectivity index (χ0n) is 20.1. The molecular weight excluding hydrogens is 476 g/mol. The topological polar surface area (TPSA) is 125 Å². The van der Waals surface area contributed by atoms with Crippen molar-refractivity contribution >= 4 is 29.2 Å². The highest BCUT2D eigenvalue weighted by atomic mass is 16.5. The van der Waals surface area contributed by atoms with Crippen molar-refractivity contribution in [2.45, 2.75) is 25.4 Å². The molecule has 0 radical (unpaired) electrons. The Balaban J connectivity index is 1.42. The summed E-state index contributed by atoms with van der Waals surface area (Å²) in [5.74, 6) is -1.56. The summed E-state index contributed by atoms with van der Waals surface area (Å²) < 4.78 is 11.5. The Bertz CT molecular complexity index is 1250. The molecule has 1 amide bonds. The van der Waals surface area contributed by atoms with Gasteiger partial charge in [0.15, 0.2) is 5.75 Å². The molecule has 9 nitrogen and oxygen atoms in total.